The molecule has 2 heterocycles. The third kappa shape index (κ3) is 2.27. The van der Waals surface area contributed by atoms with Crippen molar-refractivity contribution < 1.29 is 9.53 Å². The summed E-state index contributed by atoms with van der Waals surface area (Å²) >= 11 is 1.72. The molecule has 2 fully saturated rings. The molecule has 0 aromatic heterocycles. The lowest BCUT2D eigenvalue weighted by Gasteiger charge is -2.32. The normalized spacial score (nSPS) is 31.3. The average molecular weight is 226 g/mol. The quantitative estimate of drug-likeness (QED) is 0.658. The van der Waals surface area contributed by atoms with E-state index in [1.165, 1.54) is 0 Å². The molecule has 5 heteroatoms. The van der Waals surface area contributed by atoms with Gasteiger partial charge in [0.2, 0.25) is 5.91 Å². The van der Waals surface area contributed by atoms with Crippen LogP contribution in [0.2, 0.25) is 0 Å². The molecule has 1 amide bonds. The Hall–Kier alpha value is -0.730. The lowest BCUT2D eigenvalue weighted by atomic mass is 10.2. The van der Waals surface area contributed by atoms with E-state index < -0.39 is 0 Å². The Morgan fingerprint density at radius 1 is 1.60 bits per heavy atom. The van der Waals surface area contributed by atoms with Gasteiger partial charge in [-0.15, -0.1) is 11.8 Å². The molecule has 82 valence electrons. The SMILES string of the molecule is N#C[C@H]1COCCN1C(=O)[C@@H]1CCCS1. The summed E-state index contributed by atoms with van der Waals surface area (Å²) in [5.74, 6) is 1.20. The number of morpholine rings is 1. The minimum Gasteiger partial charge on any atom is -0.376 e. The van der Waals surface area contributed by atoms with Gasteiger partial charge < -0.3 is 9.64 Å². The lowest BCUT2D eigenvalue weighted by molar-refractivity contribution is -0.137. The summed E-state index contributed by atoms with van der Waals surface area (Å²) in [6.45, 7) is 1.48. The highest BCUT2D eigenvalue weighted by Gasteiger charge is 2.33. The second-order valence-electron chi connectivity index (χ2n) is 3.75. The number of ether oxygens (including phenoxy) is 1. The molecule has 2 saturated heterocycles. The summed E-state index contributed by atoms with van der Waals surface area (Å²) in [6, 6.07) is 1.75. The van der Waals surface area contributed by atoms with Crippen LogP contribution in [0.25, 0.3) is 0 Å². The Bertz CT molecular complexity index is 284. The zero-order chi connectivity index (χ0) is 10.7. The molecule has 0 unspecified atom stereocenters. The molecule has 0 aromatic carbocycles. The minimum atomic E-state index is -0.382. The lowest BCUT2D eigenvalue weighted by Crippen LogP contribution is -2.50. The number of carbonyl (C=O) groups excluding carboxylic acids is 1. The van der Waals surface area contributed by atoms with Gasteiger partial charge in [0, 0.05) is 6.54 Å². The van der Waals surface area contributed by atoms with E-state index in [9.17, 15) is 4.79 Å². The zero-order valence-electron chi connectivity index (χ0n) is 8.52. The van der Waals surface area contributed by atoms with Crippen LogP contribution in [0.5, 0.6) is 0 Å². The summed E-state index contributed by atoms with van der Waals surface area (Å²) in [5.41, 5.74) is 0. The van der Waals surface area contributed by atoms with Crippen molar-refractivity contribution in [3.63, 3.8) is 0 Å². The summed E-state index contributed by atoms with van der Waals surface area (Å²) < 4.78 is 5.19. The van der Waals surface area contributed by atoms with Crippen LogP contribution in [0.1, 0.15) is 12.8 Å². The number of thioether (sulfide) groups is 1. The molecule has 2 aliphatic heterocycles. The predicted octanol–water partition coefficient (Wildman–Crippen LogP) is 0.633. The first kappa shape index (κ1) is 10.8. The van der Waals surface area contributed by atoms with Crippen molar-refractivity contribution in [1.82, 2.24) is 4.90 Å². The molecule has 15 heavy (non-hydrogen) atoms. The fourth-order valence-electron chi connectivity index (χ4n) is 1.93. The molecule has 0 spiro atoms. The Morgan fingerprint density at radius 2 is 2.47 bits per heavy atom. The van der Waals surface area contributed by atoms with Crippen molar-refractivity contribution in [3.05, 3.63) is 0 Å². The van der Waals surface area contributed by atoms with Crippen LogP contribution in [0, 0.1) is 11.3 Å². The first-order valence-electron chi connectivity index (χ1n) is 5.22. The highest BCUT2D eigenvalue weighted by atomic mass is 32.2. The van der Waals surface area contributed by atoms with Gasteiger partial charge >= 0.3 is 0 Å². The Morgan fingerprint density at radius 3 is 3.13 bits per heavy atom. The molecule has 0 aromatic rings. The molecule has 0 bridgehead atoms. The Labute approximate surface area is 93.6 Å². The van der Waals surface area contributed by atoms with Crippen LogP contribution in [0.3, 0.4) is 0 Å². The van der Waals surface area contributed by atoms with Gasteiger partial charge in [0.05, 0.1) is 24.5 Å². The van der Waals surface area contributed by atoms with Crippen molar-refractivity contribution in [2.45, 2.75) is 24.1 Å². The number of nitrogens with zero attached hydrogens (tertiary/aromatic N) is 2. The van der Waals surface area contributed by atoms with Gasteiger partial charge in [0.15, 0.2) is 0 Å². The first-order chi connectivity index (χ1) is 7.33. The predicted molar refractivity (Wildman–Crippen MR) is 57.4 cm³/mol. The van der Waals surface area contributed by atoms with Crippen molar-refractivity contribution >= 4 is 17.7 Å². The largest absolute Gasteiger partial charge is 0.376 e. The van der Waals surface area contributed by atoms with Gasteiger partial charge in [0.1, 0.15) is 6.04 Å². The molecular weight excluding hydrogens is 212 g/mol. The van der Waals surface area contributed by atoms with Crippen molar-refractivity contribution in [2.24, 2.45) is 0 Å². The van der Waals surface area contributed by atoms with Crippen molar-refractivity contribution in [3.8, 4) is 6.07 Å². The molecule has 2 aliphatic rings. The maximum atomic E-state index is 12.1. The van der Waals surface area contributed by atoms with Gasteiger partial charge in [-0.1, -0.05) is 0 Å². The third-order valence-electron chi connectivity index (χ3n) is 2.77. The second kappa shape index (κ2) is 4.86. The van der Waals surface area contributed by atoms with Crippen LogP contribution < -0.4 is 0 Å². The molecule has 4 nitrogen and oxygen atoms in total. The standard InChI is InChI=1S/C10H14N2O2S/c11-6-8-7-14-4-3-12(8)10(13)9-2-1-5-15-9/h8-9H,1-5,7H2/t8-,9-/m0/s1. The average Bonchev–Trinajstić information content (AvgIpc) is 2.81. The molecule has 0 aliphatic carbocycles. The van der Waals surface area contributed by atoms with Crippen molar-refractivity contribution in [2.75, 3.05) is 25.5 Å². The fraction of sp³-hybridized carbons (Fsp3) is 0.800. The number of amides is 1. The van der Waals surface area contributed by atoms with E-state index in [1.807, 2.05) is 0 Å². The van der Waals surface area contributed by atoms with E-state index >= 15 is 0 Å². The molecule has 0 N–H and O–H groups in total. The number of hydrogen-bond acceptors (Lipinski definition) is 4. The Kier molecular flexibility index (Phi) is 3.49. The van der Waals surface area contributed by atoms with E-state index in [0.717, 1.165) is 18.6 Å². The maximum absolute atomic E-state index is 12.1. The maximum Gasteiger partial charge on any atom is 0.236 e. The van der Waals surface area contributed by atoms with Crippen LogP contribution >= 0.6 is 11.8 Å². The highest BCUT2D eigenvalue weighted by Crippen LogP contribution is 2.28. The van der Waals surface area contributed by atoms with E-state index in [1.54, 1.807) is 16.7 Å². The highest BCUT2D eigenvalue weighted by molar-refractivity contribution is 8.00. The van der Waals surface area contributed by atoms with Gasteiger partial charge in [-0.2, -0.15) is 5.26 Å². The van der Waals surface area contributed by atoms with E-state index in [-0.39, 0.29) is 17.2 Å². The molecular formula is C10H14N2O2S. The zero-order valence-corrected chi connectivity index (χ0v) is 9.33. The second-order valence-corrected chi connectivity index (χ2v) is 5.06. The number of nitriles is 1. The summed E-state index contributed by atoms with van der Waals surface area (Å²) in [7, 11) is 0. The van der Waals surface area contributed by atoms with Crippen molar-refractivity contribution in [1.29, 1.82) is 5.26 Å². The van der Waals surface area contributed by atoms with Gasteiger partial charge in [-0.3, -0.25) is 4.79 Å². The summed E-state index contributed by atoms with van der Waals surface area (Å²) in [5, 5.41) is 9.00. The van der Waals surface area contributed by atoms with Gasteiger partial charge in [-0.25, -0.2) is 0 Å². The minimum absolute atomic E-state index is 0.0824. The number of rotatable bonds is 1. The third-order valence-corrected chi connectivity index (χ3v) is 4.13. The Balaban J connectivity index is 2.00. The molecule has 2 atom stereocenters. The molecule has 2 rings (SSSR count). The smallest absolute Gasteiger partial charge is 0.236 e. The van der Waals surface area contributed by atoms with Crippen LogP contribution in [0.15, 0.2) is 0 Å². The van der Waals surface area contributed by atoms with E-state index in [0.29, 0.717) is 19.8 Å². The van der Waals surface area contributed by atoms with E-state index in [4.69, 9.17) is 10.00 Å². The summed E-state index contributed by atoms with van der Waals surface area (Å²) in [4.78, 5) is 13.8. The van der Waals surface area contributed by atoms with E-state index in [2.05, 4.69) is 6.07 Å². The number of hydrogen-bond donors (Lipinski definition) is 0. The van der Waals surface area contributed by atoms with Gasteiger partial charge in [0.25, 0.3) is 0 Å². The van der Waals surface area contributed by atoms with Crippen LogP contribution in [-0.2, 0) is 9.53 Å². The fourth-order valence-corrected chi connectivity index (χ4v) is 3.16. The van der Waals surface area contributed by atoms with Crippen LogP contribution in [0.4, 0.5) is 0 Å². The molecule has 0 saturated carbocycles. The molecule has 0 radical (unpaired) electrons. The first-order valence-corrected chi connectivity index (χ1v) is 6.27. The monoisotopic (exact) mass is 226 g/mol. The number of carbonyl (C=O) groups is 1. The van der Waals surface area contributed by atoms with Gasteiger partial charge in [-0.05, 0) is 18.6 Å². The van der Waals surface area contributed by atoms with Crippen LogP contribution in [-0.4, -0.2) is 47.6 Å². The summed E-state index contributed by atoms with van der Waals surface area (Å²) in [6.07, 6.45) is 2.07. The topological polar surface area (TPSA) is 53.3 Å².